The molecule has 0 saturated heterocycles. The minimum absolute atomic E-state index is 0.0256. The summed E-state index contributed by atoms with van der Waals surface area (Å²) in [5, 5.41) is 13.2. The van der Waals surface area contributed by atoms with E-state index in [1.165, 1.54) is 11.3 Å². The second-order valence-corrected chi connectivity index (χ2v) is 8.60. The van der Waals surface area contributed by atoms with Crippen LogP contribution in [0.4, 0.5) is 0 Å². The summed E-state index contributed by atoms with van der Waals surface area (Å²) >= 11 is 7.12. The maximum atomic E-state index is 13.0. The van der Waals surface area contributed by atoms with Crippen LogP contribution in [-0.4, -0.2) is 35.9 Å². The van der Waals surface area contributed by atoms with Gasteiger partial charge in [0.05, 0.1) is 43.1 Å². The summed E-state index contributed by atoms with van der Waals surface area (Å²) in [5.74, 6) is -0.242. The predicted octanol–water partition coefficient (Wildman–Crippen LogP) is 2.77. The van der Waals surface area contributed by atoms with Crippen LogP contribution >= 0.6 is 22.9 Å². The summed E-state index contributed by atoms with van der Waals surface area (Å²) in [6, 6.07) is 7.20. The molecule has 0 atom stereocenters. The molecule has 31 heavy (non-hydrogen) atoms. The first-order valence-corrected chi connectivity index (χ1v) is 11.0. The van der Waals surface area contributed by atoms with Gasteiger partial charge in [0.2, 0.25) is 11.3 Å². The highest BCUT2D eigenvalue weighted by Crippen LogP contribution is 2.30. The SMILES string of the molecule is COCCOCc1c(CO)sc2c(=O)c(CC(=O)NCc3ccc(Cl)cc3)cn(C)c12. The second kappa shape index (κ2) is 10.9. The van der Waals surface area contributed by atoms with Crippen LogP contribution in [0.15, 0.2) is 35.3 Å². The van der Waals surface area contributed by atoms with Crippen LogP contribution in [0.2, 0.25) is 5.02 Å². The van der Waals surface area contributed by atoms with Gasteiger partial charge in [0.25, 0.3) is 0 Å². The van der Waals surface area contributed by atoms with Crippen molar-refractivity contribution in [2.45, 2.75) is 26.2 Å². The van der Waals surface area contributed by atoms with Crippen molar-refractivity contribution in [1.29, 1.82) is 0 Å². The zero-order chi connectivity index (χ0) is 22.4. The average molecular weight is 465 g/mol. The molecule has 0 aliphatic rings. The Bertz CT molecular complexity index is 1110. The number of thiophene rings is 1. The van der Waals surface area contributed by atoms with Crippen molar-refractivity contribution >= 4 is 39.1 Å². The zero-order valence-electron chi connectivity index (χ0n) is 17.4. The van der Waals surface area contributed by atoms with Gasteiger partial charge in [-0.25, -0.2) is 0 Å². The molecule has 0 aliphatic carbocycles. The molecular formula is C22H25ClN2O5S. The zero-order valence-corrected chi connectivity index (χ0v) is 19.0. The van der Waals surface area contributed by atoms with Crippen LogP contribution in [0.3, 0.4) is 0 Å². The molecule has 3 aromatic rings. The van der Waals surface area contributed by atoms with Crippen LogP contribution in [0.1, 0.15) is 21.6 Å². The van der Waals surface area contributed by atoms with Crippen molar-refractivity contribution in [3.05, 3.63) is 67.3 Å². The highest BCUT2D eigenvalue weighted by molar-refractivity contribution is 7.19. The summed E-state index contributed by atoms with van der Waals surface area (Å²) in [6.07, 6.45) is 1.65. The van der Waals surface area contributed by atoms with Crippen molar-refractivity contribution in [2.75, 3.05) is 20.3 Å². The molecule has 0 saturated carbocycles. The van der Waals surface area contributed by atoms with E-state index in [0.717, 1.165) is 16.6 Å². The molecule has 9 heteroatoms. The summed E-state index contributed by atoms with van der Waals surface area (Å²) < 4.78 is 12.9. The van der Waals surface area contributed by atoms with Gasteiger partial charge in [-0.1, -0.05) is 23.7 Å². The number of amides is 1. The van der Waals surface area contributed by atoms with E-state index in [0.29, 0.717) is 39.9 Å². The minimum Gasteiger partial charge on any atom is -0.391 e. The first kappa shape index (κ1) is 23.4. The lowest BCUT2D eigenvalue weighted by molar-refractivity contribution is -0.120. The van der Waals surface area contributed by atoms with Crippen LogP contribution in [0.25, 0.3) is 10.2 Å². The number of pyridine rings is 1. The van der Waals surface area contributed by atoms with E-state index in [-0.39, 0.29) is 31.0 Å². The number of rotatable bonds is 10. The van der Waals surface area contributed by atoms with Crippen LogP contribution in [-0.2, 0) is 47.5 Å². The number of nitrogens with one attached hydrogen (secondary N) is 1. The topological polar surface area (TPSA) is 89.8 Å². The Morgan fingerprint density at radius 3 is 2.68 bits per heavy atom. The number of fused-ring (bicyclic) bond motifs is 1. The molecule has 0 aliphatic heterocycles. The largest absolute Gasteiger partial charge is 0.391 e. The van der Waals surface area contributed by atoms with Gasteiger partial charge in [-0.05, 0) is 17.7 Å². The van der Waals surface area contributed by atoms with Crippen LogP contribution in [0.5, 0.6) is 0 Å². The molecule has 0 radical (unpaired) electrons. The lowest BCUT2D eigenvalue weighted by Gasteiger charge is -2.10. The number of aliphatic hydroxyl groups is 1. The van der Waals surface area contributed by atoms with E-state index in [2.05, 4.69) is 5.32 Å². The number of ether oxygens (including phenoxy) is 2. The molecule has 0 fully saturated rings. The number of methoxy groups -OCH3 is 1. The smallest absolute Gasteiger partial charge is 0.224 e. The number of carbonyl (C=O) groups is 1. The third-order valence-electron chi connectivity index (χ3n) is 4.84. The van der Waals surface area contributed by atoms with E-state index in [4.69, 9.17) is 21.1 Å². The van der Waals surface area contributed by atoms with E-state index in [1.54, 1.807) is 25.4 Å². The van der Waals surface area contributed by atoms with Crippen LogP contribution < -0.4 is 10.7 Å². The number of hydrogen-bond donors (Lipinski definition) is 2. The highest BCUT2D eigenvalue weighted by Gasteiger charge is 2.19. The van der Waals surface area contributed by atoms with E-state index in [1.807, 2.05) is 23.7 Å². The minimum atomic E-state index is -0.242. The Morgan fingerprint density at radius 1 is 1.26 bits per heavy atom. The van der Waals surface area contributed by atoms with Gasteiger partial charge in [-0.2, -0.15) is 0 Å². The maximum absolute atomic E-state index is 13.0. The molecule has 1 aromatic carbocycles. The Kier molecular flexibility index (Phi) is 8.22. The Labute approximate surface area is 189 Å². The van der Waals surface area contributed by atoms with Crippen molar-refractivity contribution in [3.8, 4) is 0 Å². The summed E-state index contributed by atoms with van der Waals surface area (Å²) in [5.41, 5.74) is 2.64. The molecule has 3 rings (SSSR count). The second-order valence-electron chi connectivity index (χ2n) is 7.06. The van der Waals surface area contributed by atoms with Gasteiger partial charge < -0.3 is 24.5 Å². The Morgan fingerprint density at radius 2 is 2.00 bits per heavy atom. The molecule has 7 nitrogen and oxygen atoms in total. The number of aromatic nitrogens is 1. The van der Waals surface area contributed by atoms with Gasteiger partial charge in [-0.15, -0.1) is 11.3 Å². The van der Waals surface area contributed by atoms with Gasteiger partial charge in [-0.3, -0.25) is 9.59 Å². The molecule has 2 aromatic heterocycles. The van der Waals surface area contributed by atoms with E-state index in [9.17, 15) is 14.7 Å². The number of benzene rings is 1. The third-order valence-corrected chi connectivity index (χ3v) is 6.30. The van der Waals surface area contributed by atoms with Gasteiger partial charge in [0.1, 0.15) is 0 Å². The fourth-order valence-electron chi connectivity index (χ4n) is 3.29. The quantitative estimate of drug-likeness (QED) is 0.450. The maximum Gasteiger partial charge on any atom is 0.224 e. The van der Waals surface area contributed by atoms with Gasteiger partial charge in [0, 0.05) is 47.9 Å². The number of halogens is 1. The van der Waals surface area contributed by atoms with Gasteiger partial charge in [0.15, 0.2) is 0 Å². The molecular weight excluding hydrogens is 440 g/mol. The number of aliphatic hydroxyl groups excluding tert-OH is 1. The normalized spacial score (nSPS) is 11.2. The van der Waals surface area contributed by atoms with Crippen molar-refractivity contribution in [3.63, 3.8) is 0 Å². The molecule has 2 N–H and O–H groups in total. The first-order chi connectivity index (χ1) is 14.9. The molecule has 0 unspecified atom stereocenters. The number of carbonyl (C=O) groups excluding carboxylic acids is 1. The van der Waals surface area contributed by atoms with Crippen molar-refractivity contribution in [2.24, 2.45) is 7.05 Å². The lowest BCUT2D eigenvalue weighted by atomic mass is 10.1. The van der Waals surface area contributed by atoms with Crippen molar-refractivity contribution in [1.82, 2.24) is 9.88 Å². The highest BCUT2D eigenvalue weighted by atomic mass is 35.5. The number of aryl methyl sites for hydroxylation is 1. The predicted molar refractivity (Wildman–Crippen MR) is 122 cm³/mol. The van der Waals surface area contributed by atoms with Gasteiger partial charge >= 0.3 is 0 Å². The average Bonchev–Trinajstić information content (AvgIpc) is 3.14. The third kappa shape index (κ3) is 5.72. The molecule has 2 heterocycles. The summed E-state index contributed by atoms with van der Waals surface area (Å²) in [6.45, 7) is 1.32. The van der Waals surface area contributed by atoms with E-state index >= 15 is 0 Å². The standard InChI is InChI=1S/C22H25ClN2O5S/c1-25-11-15(9-19(27)24-10-14-3-5-16(23)6-4-14)21(28)22-20(25)17(18(12-26)31-22)13-30-8-7-29-2/h3-6,11,26H,7-10,12-13H2,1-2H3,(H,24,27). The first-order valence-electron chi connectivity index (χ1n) is 9.76. The molecule has 0 spiro atoms. The summed E-state index contributed by atoms with van der Waals surface area (Å²) in [7, 11) is 3.42. The summed E-state index contributed by atoms with van der Waals surface area (Å²) in [4.78, 5) is 26.2. The van der Waals surface area contributed by atoms with E-state index < -0.39 is 0 Å². The number of hydrogen-bond acceptors (Lipinski definition) is 6. The Hall–Kier alpha value is -2.23. The fourth-order valence-corrected chi connectivity index (χ4v) is 4.59. The van der Waals surface area contributed by atoms with Crippen LogP contribution in [0, 0.1) is 0 Å². The fraction of sp³-hybridized carbons (Fsp3) is 0.364. The Balaban J connectivity index is 1.78. The number of nitrogens with zero attached hydrogens (tertiary/aromatic N) is 1. The molecule has 0 bridgehead atoms. The van der Waals surface area contributed by atoms with Crippen molar-refractivity contribution < 1.29 is 19.4 Å². The molecule has 166 valence electrons. The molecule has 1 amide bonds. The lowest BCUT2D eigenvalue weighted by Crippen LogP contribution is -2.27. The monoisotopic (exact) mass is 464 g/mol.